The topological polar surface area (TPSA) is 67.0 Å². The number of aromatic amines is 1. The van der Waals surface area contributed by atoms with Gasteiger partial charge in [-0.15, -0.1) is 0 Å². The Morgan fingerprint density at radius 1 is 1.35 bits per heavy atom. The Bertz CT molecular complexity index is 633. The summed E-state index contributed by atoms with van der Waals surface area (Å²) in [5.41, 5.74) is 2.03. The molecule has 3 rings (SSSR count). The molecule has 1 aliphatic rings. The zero-order valence-corrected chi connectivity index (χ0v) is 13.4. The number of carbonyl (C=O) groups excluding carboxylic acids is 1. The molecule has 1 unspecified atom stereocenters. The highest BCUT2D eigenvalue weighted by Gasteiger charge is 2.18. The van der Waals surface area contributed by atoms with E-state index in [0.717, 1.165) is 29.9 Å². The quantitative estimate of drug-likeness (QED) is 0.860. The normalized spacial score (nSPS) is 16.4. The van der Waals surface area contributed by atoms with Crippen LogP contribution in [0.5, 0.6) is 0 Å². The van der Waals surface area contributed by atoms with Crippen molar-refractivity contribution in [3.8, 4) is 11.3 Å². The Morgan fingerprint density at radius 2 is 2.09 bits per heavy atom. The molecule has 1 aromatic carbocycles. The second-order valence-electron chi connectivity index (χ2n) is 6.05. The SMILES string of the molecule is CC(NC(=O)COC1CCCC1)c1ncc(-c2ccccc2)[nH]1. The van der Waals surface area contributed by atoms with Crippen LogP contribution in [0, 0.1) is 0 Å². The summed E-state index contributed by atoms with van der Waals surface area (Å²) in [5, 5.41) is 2.93. The second kappa shape index (κ2) is 7.42. The lowest BCUT2D eigenvalue weighted by Gasteiger charge is -2.14. The van der Waals surface area contributed by atoms with Gasteiger partial charge in [0.05, 0.1) is 24.0 Å². The maximum absolute atomic E-state index is 12.0. The molecule has 1 amide bonds. The summed E-state index contributed by atoms with van der Waals surface area (Å²) in [4.78, 5) is 19.6. The third-order valence-corrected chi connectivity index (χ3v) is 4.22. The van der Waals surface area contributed by atoms with E-state index in [-0.39, 0.29) is 24.7 Å². The fourth-order valence-electron chi connectivity index (χ4n) is 2.92. The Hall–Kier alpha value is -2.14. The van der Waals surface area contributed by atoms with Crippen molar-refractivity contribution in [1.29, 1.82) is 0 Å². The molecule has 1 aromatic heterocycles. The largest absolute Gasteiger partial charge is 0.368 e. The van der Waals surface area contributed by atoms with Crippen LogP contribution in [0.2, 0.25) is 0 Å². The van der Waals surface area contributed by atoms with Crippen molar-refractivity contribution in [3.05, 3.63) is 42.4 Å². The molecule has 122 valence electrons. The van der Waals surface area contributed by atoms with Gasteiger partial charge in [-0.2, -0.15) is 0 Å². The van der Waals surface area contributed by atoms with Gasteiger partial charge in [0.2, 0.25) is 5.91 Å². The number of rotatable bonds is 6. The lowest BCUT2D eigenvalue weighted by molar-refractivity contribution is -0.128. The highest BCUT2D eigenvalue weighted by atomic mass is 16.5. The van der Waals surface area contributed by atoms with Gasteiger partial charge in [-0.3, -0.25) is 4.79 Å². The second-order valence-corrected chi connectivity index (χ2v) is 6.05. The number of imidazole rings is 1. The van der Waals surface area contributed by atoms with E-state index in [1.807, 2.05) is 37.3 Å². The molecule has 5 nitrogen and oxygen atoms in total. The van der Waals surface area contributed by atoms with Crippen molar-refractivity contribution in [3.63, 3.8) is 0 Å². The van der Waals surface area contributed by atoms with Crippen molar-refractivity contribution in [2.24, 2.45) is 0 Å². The minimum atomic E-state index is -0.174. The summed E-state index contributed by atoms with van der Waals surface area (Å²) < 4.78 is 5.63. The van der Waals surface area contributed by atoms with Crippen LogP contribution in [0.3, 0.4) is 0 Å². The Labute approximate surface area is 136 Å². The van der Waals surface area contributed by atoms with Gasteiger partial charge >= 0.3 is 0 Å². The maximum atomic E-state index is 12.0. The molecule has 2 N–H and O–H groups in total. The minimum Gasteiger partial charge on any atom is -0.368 e. The predicted molar refractivity (Wildman–Crippen MR) is 88.8 cm³/mol. The zero-order valence-electron chi connectivity index (χ0n) is 13.4. The molecule has 1 aliphatic carbocycles. The van der Waals surface area contributed by atoms with E-state index in [2.05, 4.69) is 15.3 Å². The summed E-state index contributed by atoms with van der Waals surface area (Å²) in [5.74, 6) is 0.653. The molecule has 0 spiro atoms. The van der Waals surface area contributed by atoms with Gasteiger partial charge in [-0.25, -0.2) is 4.98 Å². The van der Waals surface area contributed by atoms with Gasteiger partial charge in [-0.1, -0.05) is 43.2 Å². The molecule has 2 aromatic rings. The van der Waals surface area contributed by atoms with E-state index in [0.29, 0.717) is 0 Å². The van der Waals surface area contributed by atoms with Gasteiger partial charge in [0, 0.05) is 0 Å². The van der Waals surface area contributed by atoms with Crippen molar-refractivity contribution < 1.29 is 9.53 Å². The fraction of sp³-hybridized carbons (Fsp3) is 0.444. The van der Waals surface area contributed by atoms with E-state index in [1.165, 1.54) is 12.8 Å². The summed E-state index contributed by atoms with van der Waals surface area (Å²) in [6.07, 6.45) is 6.60. The summed E-state index contributed by atoms with van der Waals surface area (Å²) in [6.45, 7) is 2.04. The predicted octanol–water partition coefficient (Wildman–Crippen LogP) is 3.21. The first-order valence-electron chi connectivity index (χ1n) is 8.23. The number of aromatic nitrogens is 2. The minimum absolute atomic E-state index is 0.0953. The molecule has 1 saturated carbocycles. The van der Waals surface area contributed by atoms with Gasteiger partial charge in [-0.05, 0) is 25.3 Å². The third-order valence-electron chi connectivity index (χ3n) is 4.22. The molecule has 0 aliphatic heterocycles. The molecule has 0 radical (unpaired) electrons. The van der Waals surface area contributed by atoms with E-state index in [9.17, 15) is 4.79 Å². The first-order chi connectivity index (χ1) is 11.2. The van der Waals surface area contributed by atoms with Crippen LogP contribution >= 0.6 is 0 Å². The number of ether oxygens (including phenoxy) is 1. The number of nitrogens with zero attached hydrogens (tertiary/aromatic N) is 1. The van der Waals surface area contributed by atoms with E-state index in [1.54, 1.807) is 6.20 Å². The van der Waals surface area contributed by atoms with Crippen LogP contribution in [0.15, 0.2) is 36.5 Å². The number of nitrogens with one attached hydrogen (secondary N) is 2. The highest BCUT2D eigenvalue weighted by Crippen LogP contribution is 2.21. The molecular formula is C18H23N3O2. The van der Waals surface area contributed by atoms with Crippen molar-refractivity contribution in [2.75, 3.05) is 6.61 Å². The fourth-order valence-corrected chi connectivity index (χ4v) is 2.92. The average Bonchev–Trinajstić information content (AvgIpc) is 3.25. The zero-order chi connectivity index (χ0) is 16.1. The molecular weight excluding hydrogens is 290 g/mol. The molecule has 23 heavy (non-hydrogen) atoms. The average molecular weight is 313 g/mol. The number of carbonyl (C=O) groups is 1. The van der Waals surface area contributed by atoms with Gasteiger partial charge in [0.15, 0.2) is 0 Å². The summed E-state index contributed by atoms with van der Waals surface area (Å²) in [6, 6.07) is 9.83. The lowest BCUT2D eigenvalue weighted by atomic mass is 10.2. The van der Waals surface area contributed by atoms with Crippen LogP contribution in [0.1, 0.15) is 44.5 Å². The number of H-pyrrole nitrogens is 1. The molecule has 1 heterocycles. The van der Waals surface area contributed by atoms with Gasteiger partial charge in [0.1, 0.15) is 12.4 Å². The Kier molecular flexibility index (Phi) is 5.08. The molecule has 0 bridgehead atoms. The number of benzene rings is 1. The van der Waals surface area contributed by atoms with Crippen LogP contribution in [0.25, 0.3) is 11.3 Å². The van der Waals surface area contributed by atoms with Crippen LogP contribution in [-0.2, 0) is 9.53 Å². The molecule has 1 fully saturated rings. The number of amides is 1. The third kappa shape index (κ3) is 4.20. The smallest absolute Gasteiger partial charge is 0.246 e. The molecule has 5 heteroatoms. The summed E-state index contributed by atoms with van der Waals surface area (Å²) in [7, 11) is 0. The standard InChI is InChI=1S/C18H23N3O2/c1-13(20-17(22)12-23-15-9-5-6-10-15)18-19-11-16(21-18)14-7-3-2-4-8-14/h2-4,7-8,11,13,15H,5-6,9-10,12H2,1H3,(H,19,21)(H,20,22). The Morgan fingerprint density at radius 3 is 2.83 bits per heavy atom. The van der Waals surface area contributed by atoms with Gasteiger partial charge < -0.3 is 15.0 Å². The van der Waals surface area contributed by atoms with E-state index < -0.39 is 0 Å². The monoisotopic (exact) mass is 313 g/mol. The highest BCUT2D eigenvalue weighted by molar-refractivity contribution is 5.77. The lowest BCUT2D eigenvalue weighted by Crippen LogP contribution is -2.32. The first-order valence-corrected chi connectivity index (χ1v) is 8.23. The van der Waals surface area contributed by atoms with Crippen LogP contribution < -0.4 is 5.32 Å². The van der Waals surface area contributed by atoms with Crippen LogP contribution in [-0.4, -0.2) is 28.6 Å². The van der Waals surface area contributed by atoms with E-state index >= 15 is 0 Å². The van der Waals surface area contributed by atoms with E-state index in [4.69, 9.17) is 4.74 Å². The number of hydrogen-bond acceptors (Lipinski definition) is 3. The van der Waals surface area contributed by atoms with Crippen molar-refractivity contribution >= 4 is 5.91 Å². The van der Waals surface area contributed by atoms with Gasteiger partial charge in [0.25, 0.3) is 0 Å². The van der Waals surface area contributed by atoms with Crippen LogP contribution in [0.4, 0.5) is 0 Å². The van der Waals surface area contributed by atoms with Crippen molar-refractivity contribution in [1.82, 2.24) is 15.3 Å². The Balaban J connectivity index is 1.52. The number of hydrogen-bond donors (Lipinski definition) is 2. The first kappa shape index (κ1) is 15.7. The maximum Gasteiger partial charge on any atom is 0.246 e. The summed E-state index contributed by atoms with van der Waals surface area (Å²) >= 11 is 0. The molecule has 1 atom stereocenters. The van der Waals surface area contributed by atoms with Crippen molar-refractivity contribution in [2.45, 2.75) is 44.8 Å². The molecule has 0 saturated heterocycles.